The minimum Gasteiger partial charge on any atom is -0.481 e. The van der Waals surface area contributed by atoms with Gasteiger partial charge in [-0.25, -0.2) is 4.79 Å². The van der Waals surface area contributed by atoms with E-state index >= 15 is 0 Å². The van der Waals surface area contributed by atoms with Gasteiger partial charge in [-0.3, -0.25) is 14.2 Å². The van der Waals surface area contributed by atoms with Gasteiger partial charge in [0.05, 0.1) is 11.4 Å². The summed E-state index contributed by atoms with van der Waals surface area (Å²) in [5.74, 6) is -2.17. The Bertz CT molecular complexity index is 942. The second kappa shape index (κ2) is 11.1. The number of carboxylic acid groups (broad SMARTS) is 1. The van der Waals surface area contributed by atoms with E-state index in [1.807, 2.05) is 38.4 Å². The van der Waals surface area contributed by atoms with Crippen LogP contribution in [0, 0.1) is 5.92 Å². The third-order valence-corrected chi connectivity index (χ3v) is 4.91. The predicted octanol–water partition coefficient (Wildman–Crippen LogP) is 3.94. The topological polar surface area (TPSA) is 98.1 Å². The number of aromatic nitrogens is 1. The Morgan fingerprint density at radius 2 is 1.84 bits per heavy atom. The number of carbonyl (C=O) groups is 3. The molecular formula is C24H34N2O6. The van der Waals surface area contributed by atoms with Crippen LogP contribution in [0.3, 0.4) is 0 Å². The maximum Gasteiger partial charge on any atom is 0.418 e. The Hall–Kier alpha value is -2.87. The fourth-order valence-electron chi connectivity index (χ4n) is 3.34. The van der Waals surface area contributed by atoms with E-state index in [1.54, 1.807) is 27.0 Å². The highest BCUT2D eigenvalue weighted by molar-refractivity contribution is 5.92. The molecule has 0 aliphatic rings. The van der Waals surface area contributed by atoms with Crippen molar-refractivity contribution in [2.24, 2.45) is 5.92 Å². The standard InChI is InChI=1S/C24H34N2O6/c1-24(2,3)32-22(29)18(9-8-12-21(27)28)16-31-23(30)26-15-17(13-14-25(4)5)19-10-6-7-11-20(19)26/h6-7,10-11,15,18H,8-9,12-14,16H2,1-5H3,(H,27,28). The highest BCUT2D eigenvalue weighted by Gasteiger charge is 2.27. The number of benzene rings is 1. The van der Waals surface area contributed by atoms with Gasteiger partial charge >= 0.3 is 18.0 Å². The maximum absolute atomic E-state index is 12.9. The molecule has 2 aromatic rings. The number of rotatable bonds is 10. The molecule has 1 aromatic carbocycles. The quantitative estimate of drug-likeness (QED) is 0.552. The molecule has 0 fully saturated rings. The number of carboxylic acids is 1. The highest BCUT2D eigenvalue weighted by Crippen LogP contribution is 2.23. The fraction of sp³-hybridized carbons (Fsp3) is 0.542. The van der Waals surface area contributed by atoms with Crippen LogP contribution in [0.4, 0.5) is 4.79 Å². The molecule has 1 unspecified atom stereocenters. The smallest absolute Gasteiger partial charge is 0.418 e. The zero-order valence-electron chi connectivity index (χ0n) is 19.6. The van der Waals surface area contributed by atoms with Gasteiger partial charge in [0.2, 0.25) is 0 Å². The summed E-state index contributed by atoms with van der Waals surface area (Å²) in [6.07, 6.45) is 2.47. The van der Waals surface area contributed by atoms with Crippen molar-refractivity contribution in [3.8, 4) is 0 Å². The molecule has 0 spiro atoms. The predicted molar refractivity (Wildman–Crippen MR) is 122 cm³/mol. The van der Waals surface area contributed by atoms with Crippen LogP contribution >= 0.6 is 0 Å². The van der Waals surface area contributed by atoms with Crippen molar-refractivity contribution in [1.29, 1.82) is 0 Å². The summed E-state index contributed by atoms with van der Waals surface area (Å²) in [4.78, 5) is 38.4. The number of para-hydroxylation sites is 1. The van der Waals surface area contributed by atoms with Crippen LogP contribution in [0.25, 0.3) is 10.9 Å². The molecule has 32 heavy (non-hydrogen) atoms. The molecule has 0 radical (unpaired) electrons. The first-order valence-corrected chi connectivity index (χ1v) is 10.8. The van der Waals surface area contributed by atoms with Crippen LogP contribution in [0.5, 0.6) is 0 Å². The van der Waals surface area contributed by atoms with Gasteiger partial charge in [0.25, 0.3) is 0 Å². The molecule has 0 bridgehead atoms. The van der Waals surface area contributed by atoms with Crippen molar-refractivity contribution in [2.75, 3.05) is 27.2 Å². The third kappa shape index (κ3) is 7.67. The summed E-state index contributed by atoms with van der Waals surface area (Å²) in [6.45, 7) is 5.94. The van der Waals surface area contributed by atoms with Gasteiger partial charge in [-0.2, -0.15) is 0 Å². The van der Waals surface area contributed by atoms with Crippen molar-refractivity contribution >= 4 is 28.9 Å². The monoisotopic (exact) mass is 446 g/mol. The van der Waals surface area contributed by atoms with Gasteiger partial charge < -0.3 is 19.5 Å². The van der Waals surface area contributed by atoms with Gasteiger partial charge in [0.1, 0.15) is 12.2 Å². The van der Waals surface area contributed by atoms with E-state index in [9.17, 15) is 14.4 Å². The Balaban J connectivity index is 2.15. The van der Waals surface area contributed by atoms with Gasteiger partial charge in [-0.15, -0.1) is 0 Å². The Morgan fingerprint density at radius 1 is 1.16 bits per heavy atom. The van der Waals surface area contributed by atoms with E-state index in [2.05, 4.69) is 4.90 Å². The summed E-state index contributed by atoms with van der Waals surface area (Å²) in [7, 11) is 3.99. The SMILES string of the molecule is CN(C)CCc1cn(C(=O)OCC(CCCC(=O)O)C(=O)OC(C)(C)C)c2ccccc12. The number of esters is 1. The minimum absolute atomic E-state index is 0.0648. The number of aliphatic carboxylic acids is 1. The number of ether oxygens (including phenoxy) is 2. The fourth-order valence-corrected chi connectivity index (χ4v) is 3.34. The van der Waals surface area contributed by atoms with E-state index in [0.29, 0.717) is 0 Å². The van der Waals surface area contributed by atoms with Crippen LogP contribution in [0.1, 0.15) is 45.6 Å². The van der Waals surface area contributed by atoms with Crippen LogP contribution in [-0.2, 0) is 25.5 Å². The Kier molecular flexibility index (Phi) is 8.83. The van der Waals surface area contributed by atoms with Gasteiger partial charge in [-0.05, 0) is 65.8 Å². The Labute approximate surface area is 189 Å². The Morgan fingerprint density at radius 3 is 2.47 bits per heavy atom. The molecule has 0 aliphatic carbocycles. The molecule has 1 heterocycles. The lowest BCUT2D eigenvalue weighted by atomic mass is 10.0. The van der Waals surface area contributed by atoms with E-state index in [4.69, 9.17) is 14.6 Å². The second-order valence-corrected chi connectivity index (χ2v) is 9.19. The van der Waals surface area contributed by atoms with Crippen LogP contribution < -0.4 is 0 Å². The average molecular weight is 447 g/mol. The molecule has 2 rings (SSSR count). The molecule has 0 saturated carbocycles. The third-order valence-electron chi connectivity index (χ3n) is 4.91. The van der Waals surface area contributed by atoms with Gasteiger partial charge in [0.15, 0.2) is 0 Å². The number of fused-ring (bicyclic) bond motifs is 1. The van der Waals surface area contributed by atoms with Crippen molar-refractivity contribution in [1.82, 2.24) is 9.47 Å². The maximum atomic E-state index is 12.9. The van der Waals surface area contributed by atoms with E-state index in [1.165, 1.54) is 4.57 Å². The second-order valence-electron chi connectivity index (χ2n) is 9.19. The summed E-state index contributed by atoms with van der Waals surface area (Å²) in [5.41, 5.74) is 1.09. The minimum atomic E-state index is -0.936. The van der Waals surface area contributed by atoms with Crippen LogP contribution in [0.2, 0.25) is 0 Å². The van der Waals surface area contributed by atoms with Crippen molar-refractivity contribution in [3.63, 3.8) is 0 Å². The highest BCUT2D eigenvalue weighted by atomic mass is 16.6. The van der Waals surface area contributed by atoms with E-state index in [-0.39, 0.29) is 25.9 Å². The first kappa shape index (κ1) is 25.4. The molecule has 0 saturated heterocycles. The molecule has 1 aromatic heterocycles. The average Bonchev–Trinajstić information content (AvgIpc) is 3.06. The zero-order valence-corrected chi connectivity index (χ0v) is 19.6. The summed E-state index contributed by atoms with van der Waals surface area (Å²) >= 11 is 0. The molecule has 0 aliphatic heterocycles. The van der Waals surface area contributed by atoms with Crippen molar-refractivity contribution < 1.29 is 29.0 Å². The number of hydrogen-bond acceptors (Lipinski definition) is 6. The normalized spacial score (nSPS) is 12.7. The van der Waals surface area contributed by atoms with Crippen LogP contribution in [-0.4, -0.2) is 65.5 Å². The molecule has 1 atom stereocenters. The number of likely N-dealkylation sites (N-methyl/N-ethyl adjacent to an activating group) is 1. The van der Waals surface area contributed by atoms with E-state index in [0.717, 1.165) is 29.4 Å². The number of hydrogen-bond donors (Lipinski definition) is 1. The molecular weight excluding hydrogens is 412 g/mol. The first-order chi connectivity index (χ1) is 15.0. The lowest BCUT2D eigenvalue weighted by molar-refractivity contribution is -0.162. The molecule has 8 heteroatoms. The molecule has 8 nitrogen and oxygen atoms in total. The van der Waals surface area contributed by atoms with Crippen LogP contribution in [0.15, 0.2) is 30.5 Å². The van der Waals surface area contributed by atoms with Crippen molar-refractivity contribution in [2.45, 2.75) is 52.1 Å². The van der Waals surface area contributed by atoms with Crippen molar-refractivity contribution in [3.05, 3.63) is 36.0 Å². The zero-order chi connectivity index (χ0) is 23.9. The molecule has 1 N–H and O–H groups in total. The van der Waals surface area contributed by atoms with Gasteiger partial charge in [-0.1, -0.05) is 18.2 Å². The van der Waals surface area contributed by atoms with Gasteiger partial charge in [0, 0.05) is 24.5 Å². The summed E-state index contributed by atoms with van der Waals surface area (Å²) in [6, 6.07) is 7.61. The largest absolute Gasteiger partial charge is 0.481 e. The summed E-state index contributed by atoms with van der Waals surface area (Å²) < 4.78 is 12.4. The molecule has 0 amide bonds. The summed E-state index contributed by atoms with van der Waals surface area (Å²) in [5, 5.41) is 9.87. The number of nitrogens with zero attached hydrogens (tertiary/aromatic N) is 2. The first-order valence-electron chi connectivity index (χ1n) is 10.8. The van der Waals surface area contributed by atoms with E-state index < -0.39 is 29.6 Å². The lowest BCUT2D eigenvalue weighted by Crippen LogP contribution is -2.32. The lowest BCUT2D eigenvalue weighted by Gasteiger charge is -2.23. The number of carbonyl (C=O) groups excluding carboxylic acids is 2. The molecule has 176 valence electrons.